The number of esters is 1. The van der Waals surface area contributed by atoms with Crippen LogP contribution >= 0.6 is 23.2 Å². The molecular formula is C29H37Cl2N3O4. The lowest BCUT2D eigenvalue weighted by Gasteiger charge is -2.50. The van der Waals surface area contributed by atoms with Crippen molar-refractivity contribution in [3.63, 3.8) is 0 Å². The maximum Gasteiger partial charge on any atom is 0.342 e. The van der Waals surface area contributed by atoms with E-state index in [2.05, 4.69) is 58.4 Å². The third-order valence-corrected chi connectivity index (χ3v) is 8.43. The van der Waals surface area contributed by atoms with Crippen molar-refractivity contribution >= 4 is 34.8 Å². The fourth-order valence-corrected chi connectivity index (χ4v) is 6.30. The summed E-state index contributed by atoms with van der Waals surface area (Å²) in [4.78, 5) is 34.2. The van der Waals surface area contributed by atoms with E-state index in [0.29, 0.717) is 22.1 Å². The second-order valence-corrected chi connectivity index (χ2v) is 13.4. The number of halogens is 2. The first kappa shape index (κ1) is 28.5. The summed E-state index contributed by atoms with van der Waals surface area (Å²) >= 11 is 12.9. The van der Waals surface area contributed by atoms with E-state index in [9.17, 15) is 9.59 Å². The minimum atomic E-state index is -0.572. The minimum absolute atomic E-state index is 0.0278. The number of H-pyrrole nitrogens is 1. The van der Waals surface area contributed by atoms with Gasteiger partial charge in [0.1, 0.15) is 16.8 Å². The van der Waals surface area contributed by atoms with E-state index < -0.39 is 11.7 Å². The molecule has 2 atom stereocenters. The fourth-order valence-electron chi connectivity index (χ4n) is 5.82. The number of carbonyl (C=O) groups excluding carboxylic acids is 1. The smallest absolute Gasteiger partial charge is 0.342 e. The lowest BCUT2D eigenvalue weighted by molar-refractivity contribution is -0.0922. The molecule has 7 nitrogen and oxygen atoms in total. The van der Waals surface area contributed by atoms with Gasteiger partial charge >= 0.3 is 11.7 Å². The van der Waals surface area contributed by atoms with E-state index in [0.717, 1.165) is 12.8 Å². The molecule has 1 saturated carbocycles. The average Bonchev–Trinajstić information content (AvgIpc) is 3.11. The summed E-state index contributed by atoms with van der Waals surface area (Å²) in [5.41, 5.74) is 0.450. The van der Waals surface area contributed by atoms with Gasteiger partial charge in [0.25, 0.3) is 6.01 Å². The van der Waals surface area contributed by atoms with E-state index in [1.54, 1.807) is 24.3 Å². The molecular weight excluding hydrogens is 525 g/mol. The van der Waals surface area contributed by atoms with Gasteiger partial charge in [-0.2, -0.15) is 4.98 Å². The van der Waals surface area contributed by atoms with Crippen LogP contribution in [0.5, 0.6) is 6.01 Å². The predicted octanol–water partition coefficient (Wildman–Crippen LogP) is 7.28. The van der Waals surface area contributed by atoms with E-state index in [-0.39, 0.29) is 51.1 Å². The molecule has 0 spiro atoms. The number of carbonyl (C=O) groups is 1. The number of nitrogens with zero attached hydrogens (tertiary/aromatic N) is 2. The van der Waals surface area contributed by atoms with Crippen molar-refractivity contribution in [3.8, 4) is 17.1 Å². The van der Waals surface area contributed by atoms with E-state index in [4.69, 9.17) is 32.7 Å². The van der Waals surface area contributed by atoms with Gasteiger partial charge in [0.15, 0.2) is 5.65 Å². The molecule has 9 heteroatoms. The summed E-state index contributed by atoms with van der Waals surface area (Å²) < 4.78 is 12.9. The molecule has 4 rings (SSSR count). The summed E-state index contributed by atoms with van der Waals surface area (Å²) in [5.74, 6) is 0.238. The number of rotatable bonds is 4. The number of hydrogen-bond donors (Lipinski definition) is 1. The summed E-state index contributed by atoms with van der Waals surface area (Å²) in [6.07, 6.45) is 1.59. The van der Waals surface area contributed by atoms with Crippen molar-refractivity contribution in [2.24, 2.45) is 28.6 Å². The Morgan fingerprint density at radius 2 is 1.58 bits per heavy atom. The molecule has 38 heavy (non-hydrogen) atoms. The Bertz CT molecular complexity index is 1370. The lowest BCUT2D eigenvalue weighted by atomic mass is 9.59. The summed E-state index contributed by atoms with van der Waals surface area (Å²) in [5, 5.41) is 0.593. The standard InChI is InChI=1S/C29H37Cl2N3O4/c1-15-13-18(28(2,3)4)22(19(14-15)29(5,6)7)38-25(35)21-20(16-9-11-17(30)12-10-16)23(31)34-24(21)32-26(37-8)33-27(34)36/h9-12,15,18-19,22H,13-14H2,1-8H3,(H,32,33,36). The second kappa shape index (κ2) is 10.2. The van der Waals surface area contributed by atoms with Gasteiger partial charge in [0.05, 0.1) is 7.11 Å². The number of methoxy groups -OCH3 is 1. The van der Waals surface area contributed by atoms with Crippen LogP contribution in [-0.4, -0.2) is 33.6 Å². The molecule has 206 valence electrons. The molecule has 1 aliphatic carbocycles. The van der Waals surface area contributed by atoms with Crippen molar-refractivity contribution in [1.29, 1.82) is 0 Å². The molecule has 1 N–H and O–H groups in total. The van der Waals surface area contributed by atoms with E-state index in [1.165, 1.54) is 11.5 Å². The van der Waals surface area contributed by atoms with Crippen LogP contribution in [0.25, 0.3) is 16.8 Å². The Labute approximate surface area is 233 Å². The van der Waals surface area contributed by atoms with Crippen molar-refractivity contribution in [2.45, 2.75) is 67.4 Å². The molecule has 2 unspecified atom stereocenters. The number of benzene rings is 1. The lowest BCUT2D eigenvalue weighted by Crippen LogP contribution is -2.49. The molecule has 0 aliphatic heterocycles. The Hall–Kier alpha value is -2.51. The van der Waals surface area contributed by atoms with Crippen molar-refractivity contribution in [3.05, 3.63) is 50.5 Å². The van der Waals surface area contributed by atoms with Crippen molar-refractivity contribution in [1.82, 2.24) is 14.4 Å². The summed E-state index contributed by atoms with van der Waals surface area (Å²) in [7, 11) is 1.39. The number of aromatic amines is 1. The van der Waals surface area contributed by atoms with Crippen LogP contribution < -0.4 is 10.4 Å². The first-order chi connectivity index (χ1) is 17.6. The van der Waals surface area contributed by atoms with Crippen LogP contribution in [0.4, 0.5) is 0 Å². The highest BCUT2D eigenvalue weighted by Gasteiger charge is 2.48. The maximum absolute atomic E-state index is 14.2. The highest BCUT2D eigenvalue weighted by atomic mass is 35.5. The molecule has 1 aliphatic rings. The quantitative estimate of drug-likeness (QED) is 0.338. The number of aromatic nitrogens is 3. The van der Waals surface area contributed by atoms with Crippen LogP contribution in [-0.2, 0) is 4.74 Å². The van der Waals surface area contributed by atoms with Crippen LogP contribution in [0.1, 0.15) is 71.7 Å². The topological polar surface area (TPSA) is 85.7 Å². The Kier molecular flexibility index (Phi) is 7.67. The Balaban J connectivity index is 1.92. The van der Waals surface area contributed by atoms with Crippen LogP contribution in [0.2, 0.25) is 10.2 Å². The number of hydrogen-bond acceptors (Lipinski definition) is 5. The highest BCUT2D eigenvalue weighted by Crippen LogP contribution is 2.50. The van der Waals surface area contributed by atoms with Crippen LogP contribution in [0.15, 0.2) is 29.1 Å². The zero-order valence-electron chi connectivity index (χ0n) is 23.3. The highest BCUT2D eigenvalue weighted by molar-refractivity contribution is 6.34. The number of nitrogens with one attached hydrogen (secondary N) is 1. The molecule has 1 fully saturated rings. The summed E-state index contributed by atoms with van der Waals surface area (Å²) in [6.45, 7) is 15.5. The summed E-state index contributed by atoms with van der Waals surface area (Å²) in [6, 6.07) is 6.89. The molecule has 2 aromatic heterocycles. The monoisotopic (exact) mass is 561 g/mol. The zero-order chi connectivity index (χ0) is 28.2. The van der Waals surface area contributed by atoms with E-state index in [1.807, 2.05) is 0 Å². The normalized spacial score (nSPS) is 22.5. The van der Waals surface area contributed by atoms with E-state index >= 15 is 0 Å². The van der Waals surface area contributed by atoms with Gasteiger partial charge < -0.3 is 9.47 Å². The van der Waals surface area contributed by atoms with Gasteiger partial charge in [0.2, 0.25) is 0 Å². The van der Waals surface area contributed by atoms with Gasteiger partial charge in [-0.25, -0.2) is 14.0 Å². The Morgan fingerprint density at radius 3 is 2.08 bits per heavy atom. The van der Waals surface area contributed by atoms with Crippen molar-refractivity contribution < 1.29 is 14.3 Å². The van der Waals surface area contributed by atoms with Gasteiger partial charge in [-0.3, -0.25) is 4.98 Å². The first-order valence-electron chi connectivity index (χ1n) is 13.0. The fraction of sp³-hybridized carbons (Fsp3) is 0.552. The molecule has 0 bridgehead atoms. The van der Waals surface area contributed by atoms with Crippen molar-refractivity contribution in [2.75, 3.05) is 7.11 Å². The minimum Gasteiger partial charge on any atom is -0.468 e. The third-order valence-electron chi connectivity index (χ3n) is 7.82. The molecule has 1 aromatic carbocycles. The third kappa shape index (κ3) is 5.32. The predicted molar refractivity (Wildman–Crippen MR) is 151 cm³/mol. The largest absolute Gasteiger partial charge is 0.468 e. The molecule has 0 saturated heterocycles. The first-order valence-corrected chi connectivity index (χ1v) is 13.7. The van der Waals surface area contributed by atoms with Gasteiger partial charge in [0, 0.05) is 22.4 Å². The number of ether oxygens (including phenoxy) is 2. The SMILES string of the molecule is COc1nc2c(C(=O)OC3C(C(C)(C)C)CC(C)CC3C(C)(C)C)c(-c3ccc(Cl)cc3)c(Cl)n2c(=O)[nH]1. The average molecular weight is 563 g/mol. The molecule has 0 radical (unpaired) electrons. The number of fused-ring (bicyclic) bond motifs is 1. The van der Waals surface area contributed by atoms with Crippen LogP contribution in [0, 0.1) is 28.6 Å². The van der Waals surface area contributed by atoms with Gasteiger partial charge in [-0.05, 0) is 47.3 Å². The zero-order valence-corrected chi connectivity index (χ0v) is 24.8. The van der Waals surface area contributed by atoms with Gasteiger partial charge in [-0.1, -0.05) is 83.8 Å². The maximum atomic E-state index is 14.2. The van der Waals surface area contributed by atoms with Crippen LogP contribution in [0.3, 0.4) is 0 Å². The van der Waals surface area contributed by atoms with Gasteiger partial charge in [-0.15, -0.1) is 0 Å². The molecule has 0 amide bonds. The Morgan fingerprint density at radius 1 is 1.03 bits per heavy atom. The molecule has 3 aromatic rings. The molecule has 2 heterocycles. The second-order valence-electron chi connectivity index (χ2n) is 12.6.